The summed E-state index contributed by atoms with van der Waals surface area (Å²) in [7, 11) is 0. The topological polar surface area (TPSA) is 35.0 Å². The molecule has 0 N–H and O–H groups in total. The number of nitrogens with zero attached hydrogens (tertiary/aromatic N) is 2. The van der Waals surface area contributed by atoms with Crippen LogP contribution >= 0.6 is 0 Å². The lowest BCUT2D eigenvalue weighted by Gasteiger charge is -2.15. The van der Waals surface area contributed by atoms with E-state index in [0.29, 0.717) is 0 Å². The molecule has 0 fully saturated rings. The van der Waals surface area contributed by atoms with Crippen LogP contribution in [0.1, 0.15) is 12.5 Å². The molecule has 3 aromatic carbocycles. The van der Waals surface area contributed by atoms with Gasteiger partial charge in [-0.3, -0.25) is 0 Å². The van der Waals surface area contributed by atoms with Gasteiger partial charge in [-0.25, -0.2) is 9.97 Å². The van der Waals surface area contributed by atoms with E-state index in [9.17, 15) is 0 Å². The van der Waals surface area contributed by atoms with Crippen LogP contribution in [0.3, 0.4) is 0 Å². The first-order valence-corrected chi connectivity index (χ1v) is 8.15. The Balaban J connectivity index is 1.59. The molecule has 0 aliphatic heterocycles. The molecule has 24 heavy (non-hydrogen) atoms. The summed E-state index contributed by atoms with van der Waals surface area (Å²) < 4.78 is 6.07. The third-order valence-corrected chi connectivity index (χ3v) is 4.01. The third kappa shape index (κ3) is 3.06. The van der Waals surface area contributed by atoms with Gasteiger partial charge in [0.1, 0.15) is 5.75 Å². The second kappa shape index (κ2) is 6.28. The van der Waals surface area contributed by atoms with Crippen LogP contribution in [0.25, 0.3) is 22.1 Å². The second-order valence-corrected chi connectivity index (χ2v) is 5.98. The summed E-state index contributed by atoms with van der Waals surface area (Å²) in [4.78, 5) is 9.33. The first-order valence-electron chi connectivity index (χ1n) is 8.15. The van der Waals surface area contributed by atoms with E-state index in [1.165, 1.54) is 5.56 Å². The van der Waals surface area contributed by atoms with Gasteiger partial charge in [0.05, 0.1) is 28.2 Å². The summed E-state index contributed by atoms with van der Waals surface area (Å²) in [6.07, 6.45) is 0.973. The highest BCUT2D eigenvalue weighted by atomic mass is 16.5. The highest BCUT2D eigenvalue weighted by molar-refractivity contribution is 5.86. The monoisotopic (exact) mass is 314 g/mol. The fourth-order valence-corrected chi connectivity index (χ4v) is 2.89. The molecule has 0 unspecified atom stereocenters. The molecular formula is C21H18N2O. The first kappa shape index (κ1) is 14.6. The number of para-hydroxylation sites is 2. The number of hydrogen-bond acceptors (Lipinski definition) is 3. The van der Waals surface area contributed by atoms with E-state index >= 15 is 0 Å². The van der Waals surface area contributed by atoms with Crippen molar-refractivity contribution >= 4 is 22.1 Å². The molecule has 4 rings (SSSR count). The number of aromatic nitrogens is 2. The van der Waals surface area contributed by atoms with Crippen LogP contribution in [0, 0.1) is 0 Å². The van der Waals surface area contributed by atoms with E-state index in [2.05, 4.69) is 41.2 Å². The van der Waals surface area contributed by atoms with Gasteiger partial charge in [0.15, 0.2) is 0 Å². The largest absolute Gasteiger partial charge is 0.490 e. The van der Waals surface area contributed by atoms with Crippen molar-refractivity contribution in [3.63, 3.8) is 0 Å². The Morgan fingerprint density at radius 3 is 2.12 bits per heavy atom. The summed E-state index contributed by atoms with van der Waals surface area (Å²) in [6.45, 7) is 2.09. The minimum atomic E-state index is 0.0956. The van der Waals surface area contributed by atoms with Crippen molar-refractivity contribution in [2.45, 2.75) is 19.4 Å². The highest BCUT2D eigenvalue weighted by Crippen LogP contribution is 2.22. The Morgan fingerprint density at radius 1 is 0.750 bits per heavy atom. The van der Waals surface area contributed by atoms with Gasteiger partial charge in [0.25, 0.3) is 0 Å². The molecule has 0 radical (unpaired) electrons. The van der Waals surface area contributed by atoms with Crippen molar-refractivity contribution in [2.24, 2.45) is 0 Å². The highest BCUT2D eigenvalue weighted by Gasteiger charge is 2.08. The van der Waals surface area contributed by atoms with Crippen LogP contribution in [0.15, 0.2) is 72.8 Å². The maximum Gasteiger partial charge on any atom is 0.122 e. The molecule has 3 nitrogen and oxygen atoms in total. The van der Waals surface area contributed by atoms with E-state index < -0.39 is 0 Å². The molecular weight excluding hydrogens is 296 g/mol. The first-order chi connectivity index (χ1) is 11.8. The molecule has 118 valence electrons. The minimum Gasteiger partial charge on any atom is -0.490 e. The smallest absolute Gasteiger partial charge is 0.122 e. The summed E-state index contributed by atoms with van der Waals surface area (Å²) in [5, 5.41) is 0. The zero-order valence-electron chi connectivity index (χ0n) is 13.5. The van der Waals surface area contributed by atoms with Crippen LogP contribution in [0.4, 0.5) is 0 Å². The lowest BCUT2D eigenvalue weighted by Crippen LogP contribution is -2.15. The maximum atomic E-state index is 6.07. The van der Waals surface area contributed by atoms with Gasteiger partial charge in [0.2, 0.25) is 0 Å². The van der Waals surface area contributed by atoms with Gasteiger partial charge in [-0.2, -0.15) is 0 Å². The van der Waals surface area contributed by atoms with Crippen LogP contribution in [0.2, 0.25) is 0 Å². The van der Waals surface area contributed by atoms with E-state index in [1.54, 1.807) is 0 Å². The fraction of sp³-hybridized carbons (Fsp3) is 0.143. The van der Waals surface area contributed by atoms with Gasteiger partial charge >= 0.3 is 0 Å². The maximum absolute atomic E-state index is 6.07. The zero-order valence-corrected chi connectivity index (χ0v) is 13.5. The number of ether oxygens (including phenoxy) is 1. The third-order valence-electron chi connectivity index (χ3n) is 4.01. The molecule has 4 aromatic rings. The summed E-state index contributed by atoms with van der Waals surface area (Å²) in [5.41, 5.74) is 4.84. The van der Waals surface area contributed by atoms with Crippen LogP contribution in [-0.2, 0) is 6.42 Å². The van der Waals surface area contributed by atoms with Crippen molar-refractivity contribution in [1.29, 1.82) is 0 Å². The number of rotatable bonds is 4. The normalized spacial score (nSPS) is 12.4. The Hall–Kier alpha value is -2.94. The van der Waals surface area contributed by atoms with Gasteiger partial charge in [-0.15, -0.1) is 0 Å². The molecule has 0 aliphatic rings. The molecule has 0 amide bonds. The van der Waals surface area contributed by atoms with Crippen LogP contribution in [0.5, 0.6) is 5.75 Å². The van der Waals surface area contributed by atoms with Gasteiger partial charge in [-0.1, -0.05) is 42.5 Å². The predicted molar refractivity (Wildman–Crippen MR) is 97.3 cm³/mol. The van der Waals surface area contributed by atoms with Crippen molar-refractivity contribution in [1.82, 2.24) is 9.97 Å². The molecule has 1 aromatic heterocycles. The summed E-state index contributed by atoms with van der Waals surface area (Å²) in [5.74, 6) is 0.829. The Labute approximate surface area is 140 Å². The average Bonchev–Trinajstić information content (AvgIpc) is 2.60. The molecule has 1 atom stereocenters. The average molecular weight is 314 g/mol. The fourth-order valence-electron chi connectivity index (χ4n) is 2.89. The number of benzene rings is 3. The van der Waals surface area contributed by atoms with Crippen molar-refractivity contribution in [3.05, 3.63) is 78.4 Å². The Bertz CT molecular complexity index is 983. The minimum absolute atomic E-state index is 0.0956. The lowest BCUT2D eigenvalue weighted by molar-refractivity contribution is 0.222. The Kier molecular flexibility index (Phi) is 3.83. The Morgan fingerprint density at radius 2 is 1.38 bits per heavy atom. The second-order valence-electron chi connectivity index (χ2n) is 5.98. The molecule has 0 spiro atoms. The molecule has 0 aliphatic carbocycles. The van der Waals surface area contributed by atoms with E-state index in [1.807, 2.05) is 48.5 Å². The van der Waals surface area contributed by atoms with Crippen molar-refractivity contribution in [2.75, 3.05) is 0 Å². The number of hydrogen-bond donors (Lipinski definition) is 0. The van der Waals surface area contributed by atoms with Gasteiger partial charge < -0.3 is 4.74 Å². The molecule has 3 heteroatoms. The van der Waals surface area contributed by atoms with Gasteiger partial charge in [-0.05, 0) is 36.8 Å². The molecule has 0 bridgehead atoms. The van der Waals surface area contributed by atoms with E-state index in [4.69, 9.17) is 4.74 Å². The quantitative estimate of drug-likeness (QED) is 0.508. The van der Waals surface area contributed by atoms with E-state index in [-0.39, 0.29) is 6.10 Å². The molecule has 0 saturated carbocycles. The molecule has 1 heterocycles. The van der Waals surface area contributed by atoms with E-state index in [0.717, 1.165) is 34.2 Å². The number of fused-ring (bicyclic) bond motifs is 2. The summed E-state index contributed by atoms with van der Waals surface area (Å²) >= 11 is 0. The van der Waals surface area contributed by atoms with Crippen molar-refractivity contribution < 1.29 is 4.74 Å². The molecule has 0 saturated heterocycles. The van der Waals surface area contributed by atoms with Crippen LogP contribution in [-0.4, -0.2) is 16.1 Å². The summed E-state index contributed by atoms with van der Waals surface area (Å²) in [6, 6.07) is 24.2. The SMILES string of the molecule is C[C@H](Cc1ccccc1)Oc1ccc2nc3ccccc3nc2c1. The van der Waals surface area contributed by atoms with Gasteiger partial charge in [0, 0.05) is 12.5 Å². The van der Waals surface area contributed by atoms with Crippen molar-refractivity contribution in [3.8, 4) is 5.75 Å². The standard InChI is InChI=1S/C21H18N2O/c1-15(13-16-7-3-2-4-8-16)24-17-11-12-20-21(14-17)23-19-10-6-5-9-18(19)22-20/h2-12,14-15H,13H2,1H3/t15-/m1/s1. The zero-order chi connectivity index (χ0) is 16.4. The van der Waals surface area contributed by atoms with Crippen LogP contribution < -0.4 is 4.74 Å². The lowest BCUT2D eigenvalue weighted by atomic mass is 10.1. The predicted octanol–water partition coefficient (Wildman–Crippen LogP) is 4.79.